The summed E-state index contributed by atoms with van der Waals surface area (Å²) in [5.41, 5.74) is -0.736. The van der Waals surface area contributed by atoms with E-state index in [4.69, 9.17) is 11.6 Å². The number of pyridine rings is 1. The third-order valence-electron chi connectivity index (χ3n) is 4.96. The molecule has 11 heteroatoms. The van der Waals surface area contributed by atoms with Crippen LogP contribution < -0.4 is 10.6 Å². The maximum absolute atomic E-state index is 13.9. The van der Waals surface area contributed by atoms with Crippen molar-refractivity contribution in [3.8, 4) is 6.07 Å². The van der Waals surface area contributed by atoms with Gasteiger partial charge < -0.3 is 15.2 Å². The van der Waals surface area contributed by atoms with E-state index in [1.165, 1.54) is 18.2 Å². The molecule has 0 unspecified atom stereocenters. The van der Waals surface area contributed by atoms with Gasteiger partial charge in [0.25, 0.3) is 0 Å². The third-order valence-corrected chi connectivity index (χ3v) is 5.25. The topological polar surface area (TPSA) is 78.6 Å². The zero-order valence-corrected chi connectivity index (χ0v) is 17.8. The highest BCUT2D eigenvalue weighted by molar-refractivity contribution is 6.31. The van der Waals surface area contributed by atoms with E-state index in [1.807, 2.05) is 6.07 Å². The number of nitriles is 1. The van der Waals surface area contributed by atoms with E-state index in [2.05, 4.69) is 20.6 Å². The number of halogens is 5. The maximum Gasteiger partial charge on any atom is 0.418 e. The van der Waals surface area contributed by atoms with Crippen molar-refractivity contribution in [3.05, 3.63) is 76.7 Å². The number of fused-ring (bicyclic) bond motifs is 1. The Labute approximate surface area is 190 Å². The predicted octanol–water partition coefficient (Wildman–Crippen LogP) is 6.01. The number of benzene rings is 2. The van der Waals surface area contributed by atoms with Gasteiger partial charge in [-0.25, -0.2) is 9.37 Å². The molecule has 0 aliphatic carbocycles. The van der Waals surface area contributed by atoms with Gasteiger partial charge in [0.15, 0.2) is 0 Å². The van der Waals surface area contributed by atoms with E-state index in [0.717, 1.165) is 18.3 Å². The summed E-state index contributed by atoms with van der Waals surface area (Å²) < 4.78 is 56.9. The minimum Gasteiger partial charge on any atom is -0.378 e. The molecule has 2 aromatic carbocycles. The first-order chi connectivity index (χ1) is 15.7. The summed E-state index contributed by atoms with van der Waals surface area (Å²) in [4.78, 5) is 8.05. The summed E-state index contributed by atoms with van der Waals surface area (Å²) in [7, 11) is 1.77. The average Bonchev–Trinajstić information content (AvgIpc) is 3.18. The number of imidazole rings is 1. The number of rotatable bonds is 5. The van der Waals surface area contributed by atoms with Crippen molar-refractivity contribution in [1.29, 1.82) is 5.26 Å². The third kappa shape index (κ3) is 4.54. The van der Waals surface area contributed by atoms with Crippen molar-refractivity contribution >= 4 is 39.6 Å². The minimum absolute atomic E-state index is 0.0114. The molecular weight excluding hydrogens is 460 g/mol. The summed E-state index contributed by atoms with van der Waals surface area (Å²) in [6, 6.07) is 8.11. The van der Waals surface area contributed by atoms with Crippen molar-refractivity contribution < 1.29 is 17.6 Å². The van der Waals surface area contributed by atoms with Gasteiger partial charge in [-0.1, -0.05) is 11.6 Å². The molecule has 0 saturated heterocycles. The first kappa shape index (κ1) is 22.4. The van der Waals surface area contributed by atoms with Gasteiger partial charge >= 0.3 is 6.18 Å². The zero-order valence-electron chi connectivity index (χ0n) is 17.0. The summed E-state index contributed by atoms with van der Waals surface area (Å²) in [5.74, 6) is -0.0331. The largest absolute Gasteiger partial charge is 0.418 e. The molecule has 0 saturated carbocycles. The molecule has 4 aromatic rings. The van der Waals surface area contributed by atoms with Crippen molar-refractivity contribution in [2.75, 3.05) is 10.6 Å². The lowest BCUT2D eigenvalue weighted by Crippen LogP contribution is -2.11. The fraction of sp³-hybridized carbons (Fsp3) is 0.136. The summed E-state index contributed by atoms with van der Waals surface area (Å²) >= 11 is 5.83. The van der Waals surface area contributed by atoms with Crippen LogP contribution in [0.15, 0.2) is 48.9 Å². The van der Waals surface area contributed by atoms with Gasteiger partial charge in [0.05, 0.1) is 33.9 Å². The standard InChI is InChI=1S/C22H15ClF4N6/c1-33-5-4-29-19(33)11-30-14-6-15-20(32-13-2-3-18(24)17(23)8-13)12(9-28)10-31-21(15)16(7-14)22(25,26)27/h2-8,10,30H,11H2,1H3,(H,31,32). The molecule has 0 aliphatic rings. The van der Waals surface area contributed by atoms with Crippen LogP contribution in [0, 0.1) is 17.1 Å². The number of anilines is 3. The fourth-order valence-corrected chi connectivity index (χ4v) is 3.49. The number of hydrogen-bond acceptors (Lipinski definition) is 5. The number of nitrogens with zero attached hydrogens (tertiary/aromatic N) is 4. The molecule has 0 fully saturated rings. The van der Waals surface area contributed by atoms with Crippen molar-refractivity contribution in [3.63, 3.8) is 0 Å². The van der Waals surface area contributed by atoms with E-state index >= 15 is 0 Å². The molecule has 2 N–H and O–H groups in total. The molecule has 4 rings (SSSR count). The highest BCUT2D eigenvalue weighted by Gasteiger charge is 2.34. The monoisotopic (exact) mass is 474 g/mol. The maximum atomic E-state index is 13.9. The van der Waals surface area contributed by atoms with Crippen LogP contribution >= 0.6 is 11.6 Å². The van der Waals surface area contributed by atoms with Crippen LogP contribution in [0.25, 0.3) is 10.9 Å². The van der Waals surface area contributed by atoms with Crippen molar-refractivity contribution in [2.45, 2.75) is 12.7 Å². The van der Waals surface area contributed by atoms with Crippen LogP contribution in [-0.2, 0) is 19.8 Å². The Kier molecular flexibility index (Phi) is 5.82. The first-order valence-corrected chi connectivity index (χ1v) is 9.91. The Hall–Kier alpha value is -3.84. The van der Waals surface area contributed by atoms with Crippen LogP contribution in [0.3, 0.4) is 0 Å². The molecule has 0 radical (unpaired) electrons. The highest BCUT2D eigenvalue weighted by Crippen LogP contribution is 2.40. The molecule has 6 nitrogen and oxygen atoms in total. The molecular formula is C22H15ClF4N6. The Morgan fingerprint density at radius 1 is 1.15 bits per heavy atom. The number of nitrogens with one attached hydrogen (secondary N) is 2. The molecule has 0 atom stereocenters. The van der Waals surface area contributed by atoms with Gasteiger partial charge in [-0.05, 0) is 30.3 Å². The van der Waals surface area contributed by atoms with Gasteiger partial charge in [-0.15, -0.1) is 0 Å². The Balaban J connectivity index is 1.87. The second kappa shape index (κ2) is 8.60. The van der Waals surface area contributed by atoms with Crippen molar-refractivity contribution in [2.24, 2.45) is 7.05 Å². The van der Waals surface area contributed by atoms with Gasteiger partial charge in [0.1, 0.15) is 17.7 Å². The normalized spacial score (nSPS) is 11.4. The molecule has 0 amide bonds. The summed E-state index contributed by atoms with van der Waals surface area (Å²) in [6.45, 7) is 0.175. The van der Waals surface area contributed by atoms with Gasteiger partial charge in [0, 0.05) is 42.4 Å². The number of aromatic nitrogens is 3. The van der Waals surface area contributed by atoms with Crippen LogP contribution in [-0.4, -0.2) is 14.5 Å². The van der Waals surface area contributed by atoms with E-state index in [1.54, 1.807) is 24.0 Å². The number of alkyl halides is 3. The molecule has 33 heavy (non-hydrogen) atoms. The van der Waals surface area contributed by atoms with E-state index in [0.29, 0.717) is 11.5 Å². The average molecular weight is 475 g/mol. The molecule has 2 heterocycles. The number of aryl methyl sites for hydroxylation is 1. The minimum atomic E-state index is -4.70. The van der Waals surface area contributed by atoms with E-state index in [-0.39, 0.29) is 39.4 Å². The smallest absolute Gasteiger partial charge is 0.378 e. The Morgan fingerprint density at radius 2 is 1.94 bits per heavy atom. The van der Waals surface area contributed by atoms with Crippen molar-refractivity contribution in [1.82, 2.24) is 14.5 Å². The van der Waals surface area contributed by atoms with Crippen LogP contribution in [0.2, 0.25) is 5.02 Å². The van der Waals surface area contributed by atoms with Gasteiger partial charge in [0.2, 0.25) is 0 Å². The van der Waals surface area contributed by atoms with E-state index in [9.17, 15) is 22.8 Å². The van der Waals surface area contributed by atoms with E-state index < -0.39 is 17.6 Å². The van der Waals surface area contributed by atoms with Crippen LogP contribution in [0.1, 0.15) is 17.0 Å². The predicted molar refractivity (Wildman–Crippen MR) is 117 cm³/mol. The van der Waals surface area contributed by atoms with Crippen LogP contribution in [0.4, 0.5) is 34.6 Å². The molecule has 168 valence electrons. The zero-order chi connectivity index (χ0) is 23.8. The summed E-state index contributed by atoms with van der Waals surface area (Å²) in [6.07, 6.45) is -0.335. The molecule has 0 spiro atoms. The lowest BCUT2D eigenvalue weighted by atomic mass is 10.0. The summed E-state index contributed by atoms with van der Waals surface area (Å²) in [5, 5.41) is 15.3. The first-order valence-electron chi connectivity index (χ1n) is 9.53. The van der Waals surface area contributed by atoms with Gasteiger partial charge in [-0.3, -0.25) is 4.98 Å². The van der Waals surface area contributed by atoms with Crippen LogP contribution in [0.5, 0.6) is 0 Å². The fourth-order valence-electron chi connectivity index (χ4n) is 3.31. The molecule has 0 aliphatic heterocycles. The Bertz CT molecular complexity index is 1390. The van der Waals surface area contributed by atoms with Gasteiger partial charge in [-0.2, -0.15) is 18.4 Å². The molecule has 0 bridgehead atoms. The lowest BCUT2D eigenvalue weighted by Gasteiger charge is -2.17. The SMILES string of the molecule is Cn1ccnc1CNc1cc(C(F)(F)F)c2ncc(C#N)c(Nc3ccc(F)c(Cl)c3)c2c1. The molecule has 2 aromatic heterocycles. The quantitative estimate of drug-likeness (QED) is 0.346. The number of hydrogen-bond donors (Lipinski definition) is 2. The highest BCUT2D eigenvalue weighted by atomic mass is 35.5. The Morgan fingerprint density at radius 3 is 2.58 bits per heavy atom. The lowest BCUT2D eigenvalue weighted by molar-refractivity contribution is -0.136. The second-order valence-electron chi connectivity index (χ2n) is 7.14. The second-order valence-corrected chi connectivity index (χ2v) is 7.55.